The average Bonchev–Trinajstić information content (AvgIpc) is 3.21. The number of nitrogens with zero attached hydrogens (tertiary/aromatic N) is 4. The molecule has 5 aromatic carbocycles. The van der Waals surface area contributed by atoms with Gasteiger partial charge < -0.3 is 19.3 Å². The van der Waals surface area contributed by atoms with Crippen LogP contribution in [0.25, 0.3) is 66.6 Å². The Balaban J connectivity index is 1.25. The van der Waals surface area contributed by atoms with Gasteiger partial charge in [0.25, 0.3) is 0 Å². The third kappa shape index (κ3) is 5.87. The van der Waals surface area contributed by atoms with Crippen LogP contribution in [0.4, 0.5) is 11.4 Å². The lowest BCUT2D eigenvalue weighted by molar-refractivity contribution is 0.122. The van der Waals surface area contributed by atoms with Crippen LogP contribution >= 0.6 is 0 Å². The standard InChI is InChI=1S/C44H38N4O2/c1-3-7-33(8-4-1)41-29-39(31-11-15-35(16-12-31)47-21-25-49-26-22-47)37-19-20-38-40(32-13-17-36(18-14-32)48-23-27-50-28-24-48)30-42(34-9-5-2-6-10-34)46-44(38)43(37)45-41/h1-20,29-30H,21-28H2. The number of fused-ring (bicyclic) bond motifs is 3. The summed E-state index contributed by atoms with van der Waals surface area (Å²) >= 11 is 0. The molecule has 2 aliphatic rings. The highest BCUT2D eigenvalue weighted by molar-refractivity contribution is 6.13. The molecule has 0 amide bonds. The molecule has 0 unspecified atom stereocenters. The highest BCUT2D eigenvalue weighted by atomic mass is 16.5. The van der Waals surface area contributed by atoms with E-state index in [0.717, 1.165) is 119 Å². The second-order valence-electron chi connectivity index (χ2n) is 13.0. The molecule has 4 heterocycles. The van der Waals surface area contributed by atoms with E-state index in [1.54, 1.807) is 0 Å². The number of morpholine rings is 2. The van der Waals surface area contributed by atoms with Crippen molar-refractivity contribution in [1.29, 1.82) is 0 Å². The molecule has 0 radical (unpaired) electrons. The second-order valence-corrected chi connectivity index (χ2v) is 13.0. The first kappa shape index (κ1) is 30.5. The van der Waals surface area contributed by atoms with Crippen molar-refractivity contribution in [1.82, 2.24) is 9.97 Å². The molecule has 9 rings (SSSR count). The van der Waals surface area contributed by atoms with E-state index in [4.69, 9.17) is 19.4 Å². The van der Waals surface area contributed by atoms with Gasteiger partial charge in [-0.1, -0.05) is 97.1 Å². The summed E-state index contributed by atoms with van der Waals surface area (Å²) in [6.07, 6.45) is 0. The fraction of sp³-hybridized carbons (Fsp3) is 0.182. The molecule has 2 fully saturated rings. The van der Waals surface area contributed by atoms with E-state index in [1.165, 1.54) is 11.4 Å². The summed E-state index contributed by atoms with van der Waals surface area (Å²) in [4.78, 5) is 15.6. The summed E-state index contributed by atoms with van der Waals surface area (Å²) in [6, 6.07) is 47.8. The van der Waals surface area contributed by atoms with E-state index >= 15 is 0 Å². The smallest absolute Gasteiger partial charge is 0.0978 e. The van der Waals surface area contributed by atoms with Crippen LogP contribution in [-0.4, -0.2) is 62.6 Å². The zero-order valence-electron chi connectivity index (χ0n) is 28.0. The Kier molecular flexibility index (Phi) is 8.17. The largest absolute Gasteiger partial charge is 0.378 e. The maximum absolute atomic E-state index is 5.60. The Labute approximate surface area is 292 Å². The van der Waals surface area contributed by atoms with Crippen LogP contribution in [0.5, 0.6) is 0 Å². The van der Waals surface area contributed by atoms with E-state index in [2.05, 4.69) is 143 Å². The molecule has 0 atom stereocenters. The normalized spacial score (nSPS) is 15.1. The number of hydrogen-bond donors (Lipinski definition) is 0. The Morgan fingerprint density at radius 3 is 1.16 bits per heavy atom. The SMILES string of the molecule is c1ccc(-c2cc(-c3ccc(N4CCOCC4)cc3)c3ccc4c(-c5ccc(N6CCOCC6)cc5)cc(-c5ccccc5)nc4c3n2)cc1. The van der Waals surface area contributed by atoms with Gasteiger partial charge in [0, 0.05) is 59.5 Å². The quantitative estimate of drug-likeness (QED) is 0.167. The molecule has 0 saturated carbocycles. The van der Waals surface area contributed by atoms with Crippen molar-refractivity contribution in [2.75, 3.05) is 62.4 Å². The summed E-state index contributed by atoms with van der Waals surface area (Å²) < 4.78 is 11.2. The summed E-state index contributed by atoms with van der Waals surface area (Å²) in [5, 5.41) is 2.17. The minimum absolute atomic E-state index is 0.766. The molecule has 2 aromatic heterocycles. The van der Waals surface area contributed by atoms with Crippen LogP contribution in [-0.2, 0) is 9.47 Å². The maximum Gasteiger partial charge on any atom is 0.0978 e. The van der Waals surface area contributed by atoms with Gasteiger partial charge in [0.1, 0.15) is 0 Å². The number of rotatable bonds is 6. The lowest BCUT2D eigenvalue weighted by Gasteiger charge is -2.29. The molecule has 2 saturated heterocycles. The van der Waals surface area contributed by atoms with Crippen molar-refractivity contribution in [2.45, 2.75) is 0 Å². The van der Waals surface area contributed by atoms with Gasteiger partial charge in [-0.05, 0) is 58.7 Å². The van der Waals surface area contributed by atoms with Crippen molar-refractivity contribution in [3.63, 3.8) is 0 Å². The Morgan fingerprint density at radius 1 is 0.400 bits per heavy atom. The molecule has 50 heavy (non-hydrogen) atoms. The van der Waals surface area contributed by atoms with Crippen LogP contribution in [0, 0.1) is 0 Å². The topological polar surface area (TPSA) is 50.7 Å². The first-order valence-electron chi connectivity index (χ1n) is 17.5. The lowest BCUT2D eigenvalue weighted by atomic mass is 9.93. The fourth-order valence-corrected chi connectivity index (χ4v) is 7.31. The number of ether oxygens (including phenoxy) is 2. The van der Waals surface area contributed by atoms with Crippen LogP contribution in [0.3, 0.4) is 0 Å². The molecular weight excluding hydrogens is 617 g/mol. The van der Waals surface area contributed by atoms with E-state index < -0.39 is 0 Å². The molecule has 0 spiro atoms. The zero-order chi connectivity index (χ0) is 33.3. The molecule has 0 aliphatic carbocycles. The number of anilines is 2. The van der Waals surface area contributed by atoms with E-state index in [-0.39, 0.29) is 0 Å². The summed E-state index contributed by atoms with van der Waals surface area (Å²) in [5.74, 6) is 0. The Morgan fingerprint density at radius 2 is 0.780 bits per heavy atom. The van der Waals surface area contributed by atoms with Gasteiger partial charge in [0.2, 0.25) is 0 Å². The number of aromatic nitrogens is 2. The average molecular weight is 655 g/mol. The van der Waals surface area contributed by atoms with E-state index in [1.807, 2.05) is 0 Å². The molecule has 246 valence electrons. The molecule has 2 aliphatic heterocycles. The number of pyridine rings is 2. The summed E-state index contributed by atoms with van der Waals surface area (Å²) in [5.41, 5.74) is 12.9. The zero-order valence-corrected chi connectivity index (χ0v) is 28.0. The van der Waals surface area contributed by atoms with Crippen LogP contribution in [0.2, 0.25) is 0 Å². The molecule has 6 heteroatoms. The van der Waals surface area contributed by atoms with Crippen molar-refractivity contribution >= 4 is 33.2 Å². The van der Waals surface area contributed by atoms with Crippen molar-refractivity contribution < 1.29 is 9.47 Å². The highest BCUT2D eigenvalue weighted by Crippen LogP contribution is 2.40. The third-order valence-electron chi connectivity index (χ3n) is 10.0. The predicted molar refractivity (Wildman–Crippen MR) is 205 cm³/mol. The Hall–Kier alpha value is -5.56. The van der Waals surface area contributed by atoms with Crippen molar-refractivity contribution in [3.05, 3.63) is 133 Å². The first-order valence-corrected chi connectivity index (χ1v) is 17.5. The minimum Gasteiger partial charge on any atom is -0.378 e. The van der Waals surface area contributed by atoms with Gasteiger partial charge in [-0.2, -0.15) is 0 Å². The van der Waals surface area contributed by atoms with Crippen molar-refractivity contribution in [2.24, 2.45) is 0 Å². The van der Waals surface area contributed by atoms with Gasteiger partial charge in [-0.25, -0.2) is 9.97 Å². The van der Waals surface area contributed by atoms with Gasteiger partial charge in [-0.15, -0.1) is 0 Å². The maximum atomic E-state index is 5.60. The third-order valence-corrected chi connectivity index (χ3v) is 10.0. The molecule has 0 N–H and O–H groups in total. The lowest BCUT2D eigenvalue weighted by Crippen LogP contribution is -2.36. The molecule has 6 nitrogen and oxygen atoms in total. The van der Waals surface area contributed by atoms with Gasteiger partial charge >= 0.3 is 0 Å². The molecular formula is C44H38N4O2. The summed E-state index contributed by atoms with van der Waals surface area (Å²) in [7, 11) is 0. The molecule has 0 bridgehead atoms. The first-order chi connectivity index (χ1) is 24.8. The minimum atomic E-state index is 0.766. The molecule has 7 aromatic rings. The van der Waals surface area contributed by atoms with Gasteiger partial charge in [0.15, 0.2) is 0 Å². The predicted octanol–water partition coefficient (Wildman–Crippen LogP) is 9.12. The summed E-state index contributed by atoms with van der Waals surface area (Å²) in [6.45, 7) is 6.71. The van der Waals surface area contributed by atoms with Gasteiger partial charge in [-0.3, -0.25) is 0 Å². The van der Waals surface area contributed by atoms with Crippen LogP contribution in [0.1, 0.15) is 0 Å². The van der Waals surface area contributed by atoms with Crippen LogP contribution < -0.4 is 9.80 Å². The van der Waals surface area contributed by atoms with E-state index in [9.17, 15) is 0 Å². The monoisotopic (exact) mass is 654 g/mol. The number of hydrogen-bond acceptors (Lipinski definition) is 6. The van der Waals surface area contributed by atoms with E-state index in [0.29, 0.717) is 0 Å². The van der Waals surface area contributed by atoms with Crippen molar-refractivity contribution in [3.8, 4) is 44.8 Å². The Bertz CT molecular complexity index is 2100. The fourth-order valence-electron chi connectivity index (χ4n) is 7.31. The second kappa shape index (κ2) is 13.4. The highest BCUT2D eigenvalue weighted by Gasteiger charge is 2.19. The van der Waals surface area contributed by atoms with Crippen LogP contribution in [0.15, 0.2) is 133 Å². The number of benzene rings is 5. The van der Waals surface area contributed by atoms with Gasteiger partial charge in [0.05, 0.1) is 48.8 Å².